The van der Waals surface area contributed by atoms with Crippen molar-refractivity contribution < 1.29 is 14.2 Å². The van der Waals surface area contributed by atoms with E-state index in [9.17, 15) is 0 Å². The first kappa shape index (κ1) is 9.77. The fraction of sp³-hybridized carbons (Fsp3) is 1.00. The minimum atomic E-state index is 0.0576. The number of hydrogen-bond acceptors (Lipinski definition) is 4. The van der Waals surface area contributed by atoms with E-state index in [1.165, 1.54) is 0 Å². The van der Waals surface area contributed by atoms with Gasteiger partial charge >= 0.3 is 0 Å². The van der Waals surface area contributed by atoms with Crippen LogP contribution in [0.2, 0.25) is 0 Å². The second-order valence-electron chi connectivity index (χ2n) is 3.34. The van der Waals surface area contributed by atoms with Crippen molar-refractivity contribution in [3.05, 3.63) is 0 Å². The first-order valence-corrected chi connectivity index (χ1v) is 5.92. The van der Waals surface area contributed by atoms with Gasteiger partial charge in [-0.15, -0.1) is 0 Å². The van der Waals surface area contributed by atoms with Crippen LogP contribution >= 0.6 is 11.8 Å². The largest absolute Gasteiger partial charge is 0.379 e. The lowest BCUT2D eigenvalue weighted by Crippen LogP contribution is -2.31. The van der Waals surface area contributed by atoms with Crippen molar-refractivity contribution in [1.29, 1.82) is 0 Å². The molecule has 2 fully saturated rings. The lowest BCUT2D eigenvalue weighted by atomic mass is 10.4. The third-order valence-corrected chi connectivity index (χ3v) is 3.43. The van der Waals surface area contributed by atoms with Crippen LogP contribution in [0.15, 0.2) is 0 Å². The van der Waals surface area contributed by atoms with Gasteiger partial charge in [-0.2, -0.15) is 11.8 Å². The molecule has 13 heavy (non-hydrogen) atoms. The molecule has 0 aliphatic carbocycles. The summed E-state index contributed by atoms with van der Waals surface area (Å²) in [5.74, 6) is 1.12. The summed E-state index contributed by atoms with van der Waals surface area (Å²) >= 11 is 1.97. The van der Waals surface area contributed by atoms with E-state index in [0.29, 0.717) is 0 Å². The van der Waals surface area contributed by atoms with Gasteiger partial charge in [0.15, 0.2) is 6.29 Å². The maximum atomic E-state index is 5.44. The Balaban J connectivity index is 1.50. The molecule has 2 heterocycles. The molecule has 2 aliphatic heterocycles. The molecule has 0 amide bonds. The van der Waals surface area contributed by atoms with Crippen molar-refractivity contribution >= 4 is 11.8 Å². The van der Waals surface area contributed by atoms with Gasteiger partial charge < -0.3 is 14.2 Å². The van der Waals surface area contributed by atoms with Gasteiger partial charge in [0.05, 0.1) is 31.7 Å². The summed E-state index contributed by atoms with van der Waals surface area (Å²) in [6.45, 7) is 3.58. The summed E-state index contributed by atoms with van der Waals surface area (Å²) in [4.78, 5) is 0. The normalized spacial score (nSPS) is 25.8. The van der Waals surface area contributed by atoms with Crippen LogP contribution in [-0.4, -0.2) is 43.7 Å². The molecular formula is C9H16O3S. The van der Waals surface area contributed by atoms with E-state index in [4.69, 9.17) is 14.2 Å². The first-order valence-electron chi connectivity index (χ1n) is 4.88. The summed E-state index contributed by atoms with van der Waals surface area (Å²) < 4.78 is 16.0. The highest BCUT2D eigenvalue weighted by Crippen LogP contribution is 2.21. The Morgan fingerprint density at radius 3 is 2.54 bits per heavy atom. The van der Waals surface area contributed by atoms with Gasteiger partial charge in [0.25, 0.3) is 0 Å². The molecule has 76 valence electrons. The Morgan fingerprint density at radius 2 is 1.92 bits per heavy atom. The Labute approximate surface area is 83.1 Å². The molecule has 0 saturated carbocycles. The predicted molar refractivity (Wildman–Crippen MR) is 52.0 cm³/mol. The molecular weight excluding hydrogens is 188 g/mol. The van der Waals surface area contributed by atoms with Crippen LogP contribution in [0.5, 0.6) is 0 Å². The second-order valence-corrected chi connectivity index (χ2v) is 4.75. The average molecular weight is 204 g/mol. The topological polar surface area (TPSA) is 27.7 Å². The fourth-order valence-electron chi connectivity index (χ4n) is 1.34. The molecule has 3 nitrogen and oxygen atoms in total. The lowest BCUT2D eigenvalue weighted by Gasteiger charge is -2.27. The zero-order chi connectivity index (χ0) is 8.93. The molecule has 4 heteroatoms. The lowest BCUT2D eigenvalue weighted by molar-refractivity contribution is -0.178. The third kappa shape index (κ3) is 3.13. The van der Waals surface area contributed by atoms with E-state index < -0.39 is 0 Å². The van der Waals surface area contributed by atoms with Gasteiger partial charge in [-0.25, -0.2) is 0 Å². The molecule has 0 bridgehead atoms. The van der Waals surface area contributed by atoms with E-state index in [2.05, 4.69) is 0 Å². The van der Waals surface area contributed by atoms with Crippen LogP contribution in [-0.2, 0) is 14.2 Å². The van der Waals surface area contributed by atoms with Gasteiger partial charge in [-0.05, 0) is 12.2 Å². The van der Waals surface area contributed by atoms with Crippen LogP contribution in [0.1, 0.15) is 12.8 Å². The average Bonchev–Trinajstić information content (AvgIpc) is 2.11. The highest BCUT2D eigenvalue weighted by atomic mass is 32.2. The van der Waals surface area contributed by atoms with Crippen LogP contribution in [0.4, 0.5) is 0 Å². The number of ether oxygens (including phenoxy) is 3. The SMILES string of the molecule is C1COC(CCSC2COC2)OC1. The number of hydrogen-bond donors (Lipinski definition) is 0. The van der Waals surface area contributed by atoms with Crippen molar-refractivity contribution in [2.45, 2.75) is 24.4 Å². The van der Waals surface area contributed by atoms with Gasteiger partial charge in [-0.3, -0.25) is 0 Å². The zero-order valence-corrected chi connectivity index (χ0v) is 8.55. The molecule has 0 spiro atoms. The molecule has 2 aliphatic rings. The smallest absolute Gasteiger partial charge is 0.158 e. The van der Waals surface area contributed by atoms with E-state index in [1.807, 2.05) is 11.8 Å². The highest BCUT2D eigenvalue weighted by molar-refractivity contribution is 8.00. The van der Waals surface area contributed by atoms with E-state index in [1.54, 1.807) is 0 Å². The molecule has 0 unspecified atom stereocenters. The van der Waals surface area contributed by atoms with Crippen molar-refractivity contribution in [3.8, 4) is 0 Å². The minimum Gasteiger partial charge on any atom is -0.379 e. The van der Waals surface area contributed by atoms with Gasteiger partial charge in [0.2, 0.25) is 0 Å². The molecule has 0 aromatic carbocycles. The van der Waals surface area contributed by atoms with Crippen LogP contribution in [0.25, 0.3) is 0 Å². The Kier molecular flexibility index (Phi) is 3.91. The molecule has 0 aromatic rings. The molecule has 2 rings (SSSR count). The van der Waals surface area contributed by atoms with E-state index in [0.717, 1.165) is 50.3 Å². The van der Waals surface area contributed by atoms with Crippen molar-refractivity contribution in [2.24, 2.45) is 0 Å². The van der Waals surface area contributed by atoms with E-state index >= 15 is 0 Å². The van der Waals surface area contributed by atoms with E-state index in [-0.39, 0.29) is 6.29 Å². The third-order valence-electron chi connectivity index (χ3n) is 2.21. The summed E-state index contributed by atoms with van der Waals surface area (Å²) in [6.07, 6.45) is 2.11. The maximum absolute atomic E-state index is 5.44. The Hall–Kier alpha value is 0.230. The Bertz CT molecular complexity index is 144. The van der Waals surface area contributed by atoms with Crippen LogP contribution in [0, 0.1) is 0 Å². The molecule has 0 N–H and O–H groups in total. The summed E-state index contributed by atoms with van der Waals surface area (Å²) in [5, 5.41) is 0.726. The van der Waals surface area contributed by atoms with Crippen molar-refractivity contribution in [2.75, 3.05) is 32.2 Å². The monoisotopic (exact) mass is 204 g/mol. The molecule has 0 radical (unpaired) electrons. The minimum absolute atomic E-state index is 0.0576. The quantitative estimate of drug-likeness (QED) is 0.689. The number of thioether (sulfide) groups is 1. The summed E-state index contributed by atoms with van der Waals surface area (Å²) in [6, 6.07) is 0. The zero-order valence-electron chi connectivity index (χ0n) is 7.74. The molecule has 2 saturated heterocycles. The van der Waals surface area contributed by atoms with Crippen LogP contribution in [0.3, 0.4) is 0 Å². The van der Waals surface area contributed by atoms with Gasteiger partial charge in [0.1, 0.15) is 0 Å². The second kappa shape index (κ2) is 5.20. The predicted octanol–water partition coefficient (Wildman–Crippen LogP) is 1.27. The molecule has 0 aromatic heterocycles. The van der Waals surface area contributed by atoms with Crippen LogP contribution < -0.4 is 0 Å². The van der Waals surface area contributed by atoms with Gasteiger partial charge in [0, 0.05) is 6.42 Å². The first-order chi connectivity index (χ1) is 6.45. The summed E-state index contributed by atoms with van der Waals surface area (Å²) in [7, 11) is 0. The highest BCUT2D eigenvalue weighted by Gasteiger charge is 2.20. The van der Waals surface area contributed by atoms with Crippen molar-refractivity contribution in [3.63, 3.8) is 0 Å². The fourth-order valence-corrected chi connectivity index (χ4v) is 2.39. The standard InChI is InChI=1S/C9H16O3S/c1-3-11-9(12-4-1)2-5-13-8-6-10-7-8/h8-9H,1-7H2. The maximum Gasteiger partial charge on any atom is 0.158 e. The number of rotatable bonds is 4. The van der Waals surface area contributed by atoms with Gasteiger partial charge in [-0.1, -0.05) is 0 Å². The molecule has 0 atom stereocenters. The Morgan fingerprint density at radius 1 is 1.15 bits per heavy atom. The van der Waals surface area contributed by atoms with Crippen molar-refractivity contribution in [1.82, 2.24) is 0 Å². The summed E-state index contributed by atoms with van der Waals surface area (Å²) in [5.41, 5.74) is 0.